The maximum Gasteiger partial charge on any atom is 0.389 e. The van der Waals surface area contributed by atoms with E-state index < -0.39 is 12.6 Å². The van der Waals surface area contributed by atoms with Gasteiger partial charge in [0.2, 0.25) is 0 Å². The fourth-order valence-electron chi connectivity index (χ4n) is 2.96. The minimum Gasteiger partial charge on any atom is -0.330 e. The van der Waals surface area contributed by atoms with Crippen LogP contribution in [0, 0.1) is 5.92 Å². The topological polar surface area (TPSA) is 29.3 Å². The quantitative estimate of drug-likeness (QED) is 0.800. The summed E-state index contributed by atoms with van der Waals surface area (Å²) in [5.41, 5.74) is 5.74. The zero-order valence-electron chi connectivity index (χ0n) is 11.3. The largest absolute Gasteiger partial charge is 0.389 e. The number of hydrogen-bond acceptors (Lipinski definition) is 2. The number of nitrogens with two attached hydrogens (primary N) is 1. The van der Waals surface area contributed by atoms with Gasteiger partial charge in [-0.2, -0.15) is 13.2 Å². The van der Waals surface area contributed by atoms with Crippen LogP contribution in [0.2, 0.25) is 0 Å². The van der Waals surface area contributed by atoms with E-state index in [9.17, 15) is 13.2 Å². The predicted octanol–water partition coefficient (Wildman–Crippen LogP) is 3.17. The first-order chi connectivity index (χ1) is 8.35. The summed E-state index contributed by atoms with van der Waals surface area (Å²) in [7, 11) is 2.02. The molecule has 1 fully saturated rings. The lowest BCUT2D eigenvalue weighted by Gasteiger charge is -2.34. The van der Waals surface area contributed by atoms with Crippen molar-refractivity contribution in [3.63, 3.8) is 0 Å². The van der Waals surface area contributed by atoms with Crippen LogP contribution in [0.3, 0.4) is 0 Å². The fourth-order valence-corrected chi connectivity index (χ4v) is 2.96. The Morgan fingerprint density at radius 3 is 2.56 bits per heavy atom. The Balaban J connectivity index is 2.34. The number of hydrogen-bond donors (Lipinski definition) is 1. The van der Waals surface area contributed by atoms with Crippen LogP contribution in [-0.4, -0.2) is 36.8 Å². The molecule has 3 unspecified atom stereocenters. The Morgan fingerprint density at radius 2 is 2.00 bits per heavy atom. The van der Waals surface area contributed by atoms with E-state index in [0.29, 0.717) is 24.9 Å². The maximum absolute atomic E-state index is 12.1. The minimum absolute atomic E-state index is 0.199. The highest BCUT2D eigenvalue weighted by Gasteiger charge is 2.32. The van der Waals surface area contributed by atoms with Gasteiger partial charge in [0.1, 0.15) is 0 Å². The average Bonchev–Trinajstić information content (AvgIpc) is 2.73. The summed E-state index contributed by atoms with van der Waals surface area (Å²) in [5.74, 6) is 0.514. The van der Waals surface area contributed by atoms with Crippen LogP contribution in [0.4, 0.5) is 13.2 Å². The molecule has 0 heterocycles. The molecule has 18 heavy (non-hydrogen) atoms. The van der Waals surface area contributed by atoms with E-state index in [1.807, 2.05) is 14.0 Å². The summed E-state index contributed by atoms with van der Waals surface area (Å²) in [6.07, 6.45) is -0.407. The number of halogens is 3. The molecule has 0 saturated heterocycles. The molecule has 3 atom stereocenters. The maximum atomic E-state index is 12.1. The van der Waals surface area contributed by atoms with Gasteiger partial charge in [0.05, 0.1) is 0 Å². The van der Waals surface area contributed by atoms with E-state index in [1.54, 1.807) is 0 Å². The highest BCUT2D eigenvalue weighted by atomic mass is 19.4. The third-order valence-electron chi connectivity index (χ3n) is 4.22. The standard InChI is InChI=1S/C13H25F3N2/c1-10(5-4-8-13(14,15)16)18(2)12-7-3-6-11(12)9-17/h10-12H,3-9,17H2,1-2H3. The van der Waals surface area contributed by atoms with E-state index in [1.165, 1.54) is 6.42 Å². The van der Waals surface area contributed by atoms with Crippen LogP contribution < -0.4 is 5.73 Å². The van der Waals surface area contributed by atoms with E-state index in [0.717, 1.165) is 12.8 Å². The molecule has 1 aliphatic carbocycles. The smallest absolute Gasteiger partial charge is 0.330 e. The average molecular weight is 266 g/mol. The van der Waals surface area contributed by atoms with Gasteiger partial charge in [0.25, 0.3) is 0 Å². The van der Waals surface area contributed by atoms with Gasteiger partial charge in [-0.3, -0.25) is 0 Å². The van der Waals surface area contributed by atoms with Crippen LogP contribution in [0.25, 0.3) is 0 Å². The van der Waals surface area contributed by atoms with E-state index >= 15 is 0 Å². The Labute approximate surface area is 108 Å². The molecule has 1 rings (SSSR count). The van der Waals surface area contributed by atoms with Gasteiger partial charge in [-0.05, 0) is 52.1 Å². The summed E-state index contributed by atoms with van der Waals surface area (Å²) >= 11 is 0. The third-order valence-corrected chi connectivity index (χ3v) is 4.22. The Kier molecular flexibility index (Phi) is 5.92. The summed E-state index contributed by atoms with van der Waals surface area (Å²) in [4.78, 5) is 2.24. The van der Waals surface area contributed by atoms with Gasteiger partial charge in [0.15, 0.2) is 0 Å². The van der Waals surface area contributed by atoms with Crippen molar-refractivity contribution in [3.8, 4) is 0 Å². The van der Waals surface area contributed by atoms with Crippen LogP contribution >= 0.6 is 0 Å². The molecule has 0 radical (unpaired) electrons. The summed E-state index contributed by atoms with van der Waals surface area (Å²) in [6, 6.07) is 0.653. The van der Waals surface area contributed by atoms with E-state index in [4.69, 9.17) is 5.73 Å². The summed E-state index contributed by atoms with van der Waals surface area (Å²) in [6.45, 7) is 2.70. The molecule has 0 spiro atoms. The number of rotatable bonds is 6. The normalized spacial score (nSPS) is 26.8. The Bertz CT molecular complexity index is 243. The zero-order valence-corrected chi connectivity index (χ0v) is 11.3. The molecule has 2 N–H and O–H groups in total. The molecule has 5 heteroatoms. The highest BCUT2D eigenvalue weighted by Crippen LogP contribution is 2.31. The first-order valence-corrected chi connectivity index (χ1v) is 6.84. The van der Waals surface area contributed by atoms with Crippen molar-refractivity contribution in [2.45, 2.75) is 63.7 Å². The molecular formula is C13H25F3N2. The van der Waals surface area contributed by atoms with Crippen molar-refractivity contribution >= 4 is 0 Å². The second kappa shape index (κ2) is 6.75. The molecule has 0 amide bonds. The lowest BCUT2D eigenvalue weighted by molar-refractivity contribution is -0.136. The van der Waals surface area contributed by atoms with Gasteiger partial charge >= 0.3 is 6.18 Å². The van der Waals surface area contributed by atoms with Crippen molar-refractivity contribution in [2.75, 3.05) is 13.6 Å². The van der Waals surface area contributed by atoms with Crippen molar-refractivity contribution in [2.24, 2.45) is 11.7 Å². The highest BCUT2D eigenvalue weighted by molar-refractivity contribution is 4.86. The first-order valence-electron chi connectivity index (χ1n) is 6.84. The molecular weight excluding hydrogens is 241 g/mol. The molecule has 0 bridgehead atoms. The van der Waals surface area contributed by atoms with Gasteiger partial charge in [-0.25, -0.2) is 0 Å². The molecule has 0 aromatic rings. The molecule has 1 aliphatic rings. The van der Waals surface area contributed by atoms with Crippen molar-refractivity contribution in [3.05, 3.63) is 0 Å². The zero-order chi connectivity index (χ0) is 13.8. The summed E-state index contributed by atoms with van der Waals surface area (Å²) in [5, 5.41) is 0. The molecule has 1 saturated carbocycles. The molecule has 0 aromatic heterocycles. The SMILES string of the molecule is CC(CCCC(F)(F)F)N(C)C1CCCC1CN. The Morgan fingerprint density at radius 1 is 1.33 bits per heavy atom. The van der Waals surface area contributed by atoms with Gasteiger partial charge in [0, 0.05) is 18.5 Å². The van der Waals surface area contributed by atoms with Crippen molar-refractivity contribution in [1.82, 2.24) is 4.90 Å². The van der Waals surface area contributed by atoms with Gasteiger partial charge in [-0.1, -0.05) is 6.42 Å². The second-order valence-corrected chi connectivity index (χ2v) is 5.52. The van der Waals surface area contributed by atoms with Crippen molar-refractivity contribution < 1.29 is 13.2 Å². The first kappa shape index (κ1) is 15.8. The number of alkyl halides is 3. The predicted molar refractivity (Wildman–Crippen MR) is 67.3 cm³/mol. The fraction of sp³-hybridized carbons (Fsp3) is 1.00. The minimum atomic E-state index is -4.02. The molecule has 0 aromatic carbocycles. The van der Waals surface area contributed by atoms with Crippen LogP contribution in [0.5, 0.6) is 0 Å². The molecule has 0 aliphatic heterocycles. The van der Waals surface area contributed by atoms with Crippen LogP contribution in [0.15, 0.2) is 0 Å². The monoisotopic (exact) mass is 266 g/mol. The number of nitrogens with zero attached hydrogens (tertiary/aromatic N) is 1. The molecule has 2 nitrogen and oxygen atoms in total. The second-order valence-electron chi connectivity index (χ2n) is 5.52. The Hall–Kier alpha value is -0.290. The van der Waals surface area contributed by atoms with Crippen LogP contribution in [0.1, 0.15) is 45.4 Å². The third kappa shape index (κ3) is 4.76. The summed E-state index contributed by atoms with van der Waals surface area (Å²) < 4.78 is 36.3. The lowest BCUT2D eigenvalue weighted by atomic mass is 10.00. The van der Waals surface area contributed by atoms with Gasteiger partial charge < -0.3 is 10.6 Å². The van der Waals surface area contributed by atoms with Crippen molar-refractivity contribution in [1.29, 1.82) is 0 Å². The van der Waals surface area contributed by atoms with E-state index in [-0.39, 0.29) is 12.5 Å². The van der Waals surface area contributed by atoms with Gasteiger partial charge in [-0.15, -0.1) is 0 Å². The van der Waals surface area contributed by atoms with E-state index in [2.05, 4.69) is 4.90 Å². The lowest BCUT2D eigenvalue weighted by Crippen LogP contribution is -2.42. The molecule has 108 valence electrons. The van der Waals surface area contributed by atoms with Crippen LogP contribution in [-0.2, 0) is 0 Å².